The number of allylic oxidation sites excluding steroid dienone is 2. The van der Waals surface area contributed by atoms with E-state index >= 15 is 0 Å². The van der Waals surface area contributed by atoms with Crippen molar-refractivity contribution in [3.63, 3.8) is 0 Å². The van der Waals surface area contributed by atoms with Gasteiger partial charge in [0, 0.05) is 5.92 Å². The molecule has 38 heavy (non-hydrogen) atoms. The maximum absolute atomic E-state index is 14.4. The summed E-state index contributed by atoms with van der Waals surface area (Å²) in [7, 11) is 0. The van der Waals surface area contributed by atoms with E-state index in [0.717, 1.165) is 57.8 Å². The van der Waals surface area contributed by atoms with Crippen LogP contribution < -0.4 is 0 Å². The molecule has 0 bridgehead atoms. The number of ketones is 1. The molecule has 5 aliphatic rings. The number of hydrogen-bond donors (Lipinski definition) is 1. The summed E-state index contributed by atoms with van der Waals surface area (Å²) in [5.74, 6) is 0.789. The first-order chi connectivity index (χ1) is 17.2. The fourth-order valence-electron chi connectivity index (χ4n) is 10.8. The van der Waals surface area contributed by atoms with Gasteiger partial charge in [-0.2, -0.15) is 0 Å². The number of esters is 1. The summed E-state index contributed by atoms with van der Waals surface area (Å²) in [6.45, 7) is 22.1. The third-order valence-electron chi connectivity index (χ3n) is 13.4. The molecule has 1 N–H and O–H groups in total. The van der Waals surface area contributed by atoms with Gasteiger partial charge in [0.1, 0.15) is 5.60 Å². The number of carbonyl (C=O) groups excluding carboxylic acids is 2. The van der Waals surface area contributed by atoms with Crippen LogP contribution in [-0.4, -0.2) is 28.6 Å². The topological polar surface area (TPSA) is 63.6 Å². The van der Waals surface area contributed by atoms with Gasteiger partial charge < -0.3 is 9.84 Å². The van der Waals surface area contributed by atoms with Gasteiger partial charge in [-0.05, 0) is 130 Å². The molecule has 9 atom stereocenters. The van der Waals surface area contributed by atoms with Crippen LogP contribution in [0.25, 0.3) is 0 Å². The van der Waals surface area contributed by atoms with Gasteiger partial charge in [0.15, 0.2) is 5.78 Å². The largest absolute Gasteiger partial charge is 0.460 e. The Labute approximate surface area is 231 Å². The van der Waals surface area contributed by atoms with Gasteiger partial charge in [-0.1, -0.05) is 47.1 Å². The third kappa shape index (κ3) is 3.70. The summed E-state index contributed by atoms with van der Waals surface area (Å²) in [6, 6.07) is 0. The van der Waals surface area contributed by atoms with E-state index < -0.39 is 11.0 Å². The van der Waals surface area contributed by atoms with Crippen molar-refractivity contribution in [2.75, 3.05) is 0 Å². The van der Waals surface area contributed by atoms with Gasteiger partial charge in [-0.15, -0.1) is 0 Å². The zero-order valence-electron chi connectivity index (χ0n) is 25.9. The van der Waals surface area contributed by atoms with Crippen LogP contribution >= 0.6 is 0 Å². The van der Waals surface area contributed by atoms with Crippen LogP contribution in [0, 0.1) is 50.2 Å². The van der Waals surface area contributed by atoms with Crippen molar-refractivity contribution in [2.45, 2.75) is 139 Å². The molecule has 0 aromatic rings. The molecule has 0 heterocycles. The van der Waals surface area contributed by atoms with Crippen molar-refractivity contribution >= 4 is 11.8 Å². The Kier molecular flexibility index (Phi) is 6.12. The molecule has 0 radical (unpaired) electrons. The van der Waals surface area contributed by atoms with Crippen molar-refractivity contribution in [1.29, 1.82) is 0 Å². The summed E-state index contributed by atoms with van der Waals surface area (Å²) in [4.78, 5) is 27.9. The zero-order chi connectivity index (χ0) is 28.3. The molecule has 2 unspecified atom stereocenters. The minimum atomic E-state index is -0.523. The second kappa shape index (κ2) is 8.20. The highest BCUT2D eigenvalue weighted by Gasteiger charge is 2.70. The van der Waals surface area contributed by atoms with E-state index in [0.29, 0.717) is 11.7 Å². The number of aliphatic hydroxyl groups excluding tert-OH is 1. The van der Waals surface area contributed by atoms with Crippen LogP contribution in [0.15, 0.2) is 11.6 Å². The van der Waals surface area contributed by atoms with Crippen molar-refractivity contribution in [3.05, 3.63) is 11.6 Å². The molecule has 0 amide bonds. The van der Waals surface area contributed by atoms with Crippen molar-refractivity contribution in [1.82, 2.24) is 0 Å². The van der Waals surface area contributed by atoms with E-state index in [1.807, 2.05) is 20.8 Å². The maximum atomic E-state index is 14.4. The lowest BCUT2D eigenvalue weighted by molar-refractivity contribution is -0.203. The minimum absolute atomic E-state index is 0.0144. The molecule has 0 aliphatic heterocycles. The Balaban J connectivity index is 1.57. The standard InChI is InChI=1S/C34H54O4/c1-28(2,3)38-27(37)31(7)16-15-30(6)17-18-33(9)21(22(30)20-31)19-23(35)26-32(8)13-12-25(36)29(4,5)24(32)11-14-34(26,33)10/h19,22,24-26,36H,11-18,20H2,1-10H3/t22-,24?,25-,26?,30+,31-,32-,33+,34+/m0/s1. The second-order valence-electron chi connectivity index (χ2n) is 17.1. The molecule has 0 spiro atoms. The molecule has 4 nitrogen and oxygen atoms in total. The van der Waals surface area contributed by atoms with Crippen molar-refractivity contribution < 1.29 is 19.4 Å². The van der Waals surface area contributed by atoms with E-state index in [1.165, 1.54) is 5.57 Å². The Morgan fingerprint density at radius 3 is 2.18 bits per heavy atom. The Morgan fingerprint density at radius 1 is 0.921 bits per heavy atom. The molecule has 4 saturated carbocycles. The molecule has 4 fully saturated rings. The molecule has 0 aromatic heterocycles. The molecular formula is C34H54O4. The molecule has 5 aliphatic carbocycles. The Hall–Kier alpha value is -1.16. The summed E-state index contributed by atoms with van der Waals surface area (Å²) >= 11 is 0. The number of rotatable bonds is 1. The monoisotopic (exact) mass is 526 g/mol. The van der Waals surface area contributed by atoms with Crippen molar-refractivity contribution in [3.8, 4) is 0 Å². The number of hydrogen-bond acceptors (Lipinski definition) is 4. The first kappa shape index (κ1) is 28.4. The van der Waals surface area contributed by atoms with Gasteiger partial charge in [-0.25, -0.2) is 0 Å². The smallest absolute Gasteiger partial charge is 0.312 e. The molecule has 0 aromatic carbocycles. The summed E-state index contributed by atoms with van der Waals surface area (Å²) in [6.07, 6.45) is 10.5. The first-order valence-electron chi connectivity index (χ1n) is 15.4. The van der Waals surface area contributed by atoms with Crippen LogP contribution in [0.3, 0.4) is 0 Å². The quantitative estimate of drug-likeness (QED) is 0.356. The Morgan fingerprint density at radius 2 is 1.55 bits per heavy atom. The van der Waals surface area contributed by atoms with Gasteiger partial charge in [0.25, 0.3) is 0 Å². The summed E-state index contributed by atoms with van der Waals surface area (Å²) in [5.41, 5.74) is -0.0208. The predicted octanol–water partition coefficient (Wildman–Crippen LogP) is 7.67. The van der Waals surface area contributed by atoms with Gasteiger partial charge in [-0.3, -0.25) is 9.59 Å². The maximum Gasteiger partial charge on any atom is 0.312 e. The van der Waals surface area contributed by atoms with Crippen LogP contribution in [0.4, 0.5) is 0 Å². The van der Waals surface area contributed by atoms with E-state index in [4.69, 9.17) is 4.74 Å². The van der Waals surface area contributed by atoms with E-state index in [9.17, 15) is 14.7 Å². The molecule has 5 rings (SSSR count). The number of carbonyl (C=O) groups is 2. The molecule has 0 saturated heterocycles. The average molecular weight is 527 g/mol. The molecule has 214 valence electrons. The lowest BCUT2D eigenvalue weighted by Crippen LogP contribution is -2.66. The van der Waals surface area contributed by atoms with E-state index in [1.54, 1.807) is 0 Å². The first-order valence-corrected chi connectivity index (χ1v) is 15.4. The van der Waals surface area contributed by atoms with Crippen LogP contribution in [0.5, 0.6) is 0 Å². The van der Waals surface area contributed by atoms with E-state index in [2.05, 4.69) is 54.5 Å². The highest BCUT2D eigenvalue weighted by molar-refractivity contribution is 5.95. The highest BCUT2D eigenvalue weighted by Crippen LogP contribution is 2.75. The second-order valence-corrected chi connectivity index (χ2v) is 17.1. The third-order valence-corrected chi connectivity index (χ3v) is 13.4. The van der Waals surface area contributed by atoms with Crippen molar-refractivity contribution in [2.24, 2.45) is 50.2 Å². The minimum Gasteiger partial charge on any atom is -0.460 e. The number of fused-ring (bicyclic) bond motifs is 7. The van der Waals surface area contributed by atoms with E-state index in [-0.39, 0.29) is 51.0 Å². The number of aliphatic hydroxyl groups is 1. The summed E-state index contributed by atoms with van der Waals surface area (Å²) in [5, 5.41) is 10.9. The average Bonchev–Trinajstić information content (AvgIpc) is 2.78. The fraction of sp³-hybridized carbons (Fsp3) is 0.882. The Bertz CT molecular complexity index is 1060. The lowest BCUT2D eigenvalue weighted by Gasteiger charge is -2.70. The van der Waals surface area contributed by atoms with Crippen LogP contribution in [0.2, 0.25) is 0 Å². The van der Waals surface area contributed by atoms with Crippen LogP contribution in [0.1, 0.15) is 127 Å². The van der Waals surface area contributed by atoms with Gasteiger partial charge >= 0.3 is 5.97 Å². The SMILES string of the molecule is CC(C)(C)OC(=O)[C@@]1(C)CC[C@]2(C)CC[C@]3(C)C(=CC(=O)C4[C@@]5(C)CC[C@H](O)C(C)(C)C5CC[C@]43C)[C@@H]2C1. The van der Waals surface area contributed by atoms with Gasteiger partial charge in [0.2, 0.25) is 0 Å². The summed E-state index contributed by atoms with van der Waals surface area (Å²) < 4.78 is 5.94. The predicted molar refractivity (Wildman–Crippen MR) is 151 cm³/mol. The molecule has 4 heteroatoms. The zero-order valence-corrected chi connectivity index (χ0v) is 25.9. The lowest BCUT2D eigenvalue weighted by atomic mass is 9.33. The van der Waals surface area contributed by atoms with Gasteiger partial charge in [0.05, 0.1) is 11.5 Å². The molecular weight excluding hydrogens is 472 g/mol. The number of ether oxygens (including phenoxy) is 1. The highest BCUT2D eigenvalue weighted by atomic mass is 16.6. The fourth-order valence-corrected chi connectivity index (χ4v) is 10.8. The van der Waals surface area contributed by atoms with Crippen LogP contribution in [-0.2, 0) is 14.3 Å². The normalized spacial score (nSPS) is 50.1.